The van der Waals surface area contributed by atoms with Crippen molar-refractivity contribution in [1.29, 1.82) is 0 Å². The minimum absolute atomic E-state index is 0.0409. The van der Waals surface area contributed by atoms with Crippen LogP contribution in [-0.2, 0) is 19.1 Å². The summed E-state index contributed by atoms with van der Waals surface area (Å²) in [6.45, 7) is 7.39. The van der Waals surface area contributed by atoms with Crippen molar-refractivity contribution < 1.29 is 19.1 Å². The Morgan fingerprint density at radius 1 is 1.33 bits per heavy atom. The van der Waals surface area contributed by atoms with Crippen molar-refractivity contribution in [1.82, 2.24) is 5.48 Å². The molecule has 1 saturated heterocycles. The van der Waals surface area contributed by atoms with Crippen LogP contribution in [0.15, 0.2) is 30.3 Å². The second-order valence-corrected chi connectivity index (χ2v) is 5.67. The number of carbonyl (C=O) groups excluding carboxylic acids is 1. The lowest BCUT2D eigenvalue weighted by Gasteiger charge is -2.19. The Bertz CT molecular complexity index is 474. The molecule has 1 aliphatic heterocycles. The van der Waals surface area contributed by atoms with Crippen LogP contribution in [0.2, 0.25) is 0 Å². The molecule has 1 heterocycles. The van der Waals surface area contributed by atoms with Crippen molar-refractivity contribution in [3.05, 3.63) is 35.9 Å². The number of hydrogen-bond acceptors (Lipinski definition) is 5. The fraction of sp³-hybridized carbons (Fsp3) is 0.562. The van der Waals surface area contributed by atoms with Crippen LogP contribution < -0.4 is 5.48 Å². The van der Waals surface area contributed by atoms with Gasteiger partial charge in [0, 0.05) is 0 Å². The maximum atomic E-state index is 12.1. The zero-order valence-electron chi connectivity index (χ0n) is 13.0. The summed E-state index contributed by atoms with van der Waals surface area (Å²) in [5.41, 5.74) is 3.90. The molecule has 1 aromatic rings. The SMILES string of the molecule is CC[C@H](NOC(=O)C1OC(C)(C)OC1C)c1ccccc1. The summed E-state index contributed by atoms with van der Waals surface area (Å²) in [5, 5.41) is 0. The summed E-state index contributed by atoms with van der Waals surface area (Å²) < 4.78 is 11.1. The first-order valence-corrected chi connectivity index (χ1v) is 7.29. The molecule has 5 heteroatoms. The average molecular weight is 293 g/mol. The van der Waals surface area contributed by atoms with Gasteiger partial charge in [0.2, 0.25) is 0 Å². The molecule has 0 aromatic heterocycles. The van der Waals surface area contributed by atoms with Crippen LogP contribution in [0.3, 0.4) is 0 Å². The number of carbonyl (C=O) groups is 1. The Kier molecular flexibility index (Phi) is 4.98. The second-order valence-electron chi connectivity index (χ2n) is 5.67. The summed E-state index contributed by atoms with van der Waals surface area (Å²) in [6.07, 6.45) is -0.229. The van der Waals surface area contributed by atoms with E-state index >= 15 is 0 Å². The zero-order chi connectivity index (χ0) is 15.5. The third-order valence-corrected chi connectivity index (χ3v) is 3.45. The fourth-order valence-electron chi connectivity index (χ4n) is 2.44. The third kappa shape index (κ3) is 4.03. The first-order chi connectivity index (χ1) is 9.93. The molecular formula is C16H23NO4. The summed E-state index contributed by atoms with van der Waals surface area (Å²) in [6, 6.07) is 9.82. The van der Waals surface area contributed by atoms with E-state index in [1.807, 2.05) is 37.3 Å². The molecule has 1 fully saturated rings. The molecule has 116 valence electrons. The Morgan fingerprint density at radius 2 is 2.00 bits per heavy atom. The van der Waals surface area contributed by atoms with Crippen LogP contribution in [0, 0.1) is 0 Å². The van der Waals surface area contributed by atoms with Gasteiger partial charge in [0.15, 0.2) is 11.9 Å². The van der Waals surface area contributed by atoms with Crippen LogP contribution in [0.25, 0.3) is 0 Å². The van der Waals surface area contributed by atoms with Gasteiger partial charge in [-0.05, 0) is 32.8 Å². The van der Waals surface area contributed by atoms with E-state index < -0.39 is 17.9 Å². The molecule has 0 bridgehead atoms. The second kappa shape index (κ2) is 6.56. The smallest absolute Gasteiger partial charge is 0.356 e. The van der Waals surface area contributed by atoms with E-state index in [9.17, 15) is 4.79 Å². The lowest BCUT2D eigenvalue weighted by Crippen LogP contribution is -2.36. The van der Waals surface area contributed by atoms with Gasteiger partial charge in [0.1, 0.15) is 0 Å². The maximum Gasteiger partial charge on any atom is 0.356 e. The zero-order valence-corrected chi connectivity index (χ0v) is 13.0. The Morgan fingerprint density at radius 3 is 2.52 bits per heavy atom. The molecule has 1 aromatic carbocycles. The summed E-state index contributed by atoms with van der Waals surface area (Å²) in [4.78, 5) is 17.3. The minimum Gasteiger partial charge on any atom is -0.368 e. The average Bonchev–Trinajstić information content (AvgIpc) is 2.74. The maximum absolute atomic E-state index is 12.1. The summed E-state index contributed by atoms with van der Waals surface area (Å²) in [5.74, 6) is -1.21. The largest absolute Gasteiger partial charge is 0.368 e. The molecule has 0 spiro atoms. The van der Waals surface area contributed by atoms with Crippen molar-refractivity contribution in [3.8, 4) is 0 Å². The molecule has 1 N–H and O–H groups in total. The van der Waals surface area contributed by atoms with Crippen LogP contribution >= 0.6 is 0 Å². The quantitative estimate of drug-likeness (QED) is 0.846. The number of benzene rings is 1. The Balaban J connectivity index is 1.91. The van der Waals surface area contributed by atoms with Crippen molar-refractivity contribution >= 4 is 5.97 Å². The third-order valence-electron chi connectivity index (χ3n) is 3.45. The van der Waals surface area contributed by atoms with Crippen molar-refractivity contribution in [2.24, 2.45) is 0 Å². The van der Waals surface area contributed by atoms with Crippen LogP contribution in [0.5, 0.6) is 0 Å². The molecule has 1 aliphatic rings. The first kappa shape index (κ1) is 15.9. The number of ether oxygens (including phenoxy) is 2. The van der Waals surface area contributed by atoms with E-state index in [1.165, 1.54) is 0 Å². The van der Waals surface area contributed by atoms with Gasteiger partial charge in [-0.15, -0.1) is 5.48 Å². The predicted octanol–water partition coefficient (Wildman–Crippen LogP) is 2.73. The van der Waals surface area contributed by atoms with Gasteiger partial charge in [0.05, 0.1) is 12.1 Å². The molecule has 0 amide bonds. The van der Waals surface area contributed by atoms with E-state index in [1.54, 1.807) is 20.8 Å². The van der Waals surface area contributed by atoms with E-state index in [0.717, 1.165) is 12.0 Å². The highest BCUT2D eigenvalue weighted by Crippen LogP contribution is 2.28. The first-order valence-electron chi connectivity index (χ1n) is 7.29. The van der Waals surface area contributed by atoms with Gasteiger partial charge in [-0.3, -0.25) is 0 Å². The minimum atomic E-state index is -0.757. The van der Waals surface area contributed by atoms with E-state index in [-0.39, 0.29) is 12.1 Å². The molecule has 0 aliphatic carbocycles. The topological polar surface area (TPSA) is 56.8 Å². The standard InChI is InChI=1S/C16H23NO4/c1-5-13(12-9-7-6-8-10-12)17-21-15(18)14-11(2)19-16(3,4)20-14/h6-11,13-14,17H,5H2,1-4H3/t11?,13-,14?/m0/s1. The van der Waals surface area contributed by atoms with Crippen molar-refractivity contribution in [3.63, 3.8) is 0 Å². The molecule has 0 saturated carbocycles. The van der Waals surface area contributed by atoms with Gasteiger partial charge >= 0.3 is 5.97 Å². The van der Waals surface area contributed by atoms with E-state index in [2.05, 4.69) is 5.48 Å². The molecular weight excluding hydrogens is 270 g/mol. The van der Waals surface area contributed by atoms with Crippen LogP contribution in [0.4, 0.5) is 0 Å². The summed E-state index contributed by atoms with van der Waals surface area (Å²) in [7, 11) is 0. The molecule has 5 nitrogen and oxygen atoms in total. The van der Waals surface area contributed by atoms with Gasteiger partial charge in [-0.25, -0.2) is 4.79 Å². The fourth-order valence-corrected chi connectivity index (χ4v) is 2.44. The molecule has 2 rings (SSSR count). The molecule has 2 unspecified atom stereocenters. The monoisotopic (exact) mass is 293 g/mol. The normalized spacial score (nSPS) is 25.5. The lowest BCUT2D eigenvalue weighted by molar-refractivity contribution is -0.177. The predicted molar refractivity (Wildman–Crippen MR) is 78.2 cm³/mol. The van der Waals surface area contributed by atoms with Crippen molar-refractivity contribution in [2.75, 3.05) is 0 Å². The van der Waals surface area contributed by atoms with Gasteiger partial charge in [-0.1, -0.05) is 37.3 Å². The highest BCUT2D eigenvalue weighted by atomic mass is 16.8. The summed E-state index contributed by atoms with van der Waals surface area (Å²) >= 11 is 0. The van der Waals surface area contributed by atoms with Crippen LogP contribution in [0.1, 0.15) is 45.7 Å². The highest BCUT2D eigenvalue weighted by Gasteiger charge is 2.44. The molecule has 21 heavy (non-hydrogen) atoms. The van der Waals surface area contributed by atoms with Gasteiger partial charge in [-0.2, -0.15) is 0 Å². The Hall–Kier alpha value is -1.43. The van der Waals surface area contributed by atoms with Gasteiger partial charge in [0.25, 0.3) is 0 Å². The molecule has 3 atom stereocenters. The van der Waals surface area contributed by atoms with E-state index in [4.69, 9.17) is 14.3 Å². The van der Waals surface area contributed by atoms with E-state index in [0.29, 0.717) is 0 Å². The van der Waals surface area contributed by atoms with Crippen LogP contribution in [-0.4, -0.2) is 24.0 Å². The number of hydrogen-bond donors (Lipinski definition) is 1. The number of nitrogens with one attached hydrogen (secondary N) is 1. The number of hydroxylamine groups is 1. The number of rotatable bonds is 5. The van der Waals surface area contributed by atoms with Gasteiger partial charge < -0.3 is 14.3 Å². The Labute approximate surface area is 125 Å². The lowest BCUT2D eigenvalue weighted by atomic mass is 10.1. The van der Waals surface area contributed by atoms with Crippen molar-refractivity contribution in [2.45, 2.75) is 58.2 Å². The molecule has 0 radical (unpaired) electrons. The highest BCUT2D eigenvalue weighted by molar-refractivity contribution is 5.75.